The summed E-state index contributed by atoms with van der Waals surface area (Å²) in [6, 6.07) is 0. The van der Waals surface area contributed by atoms with Crippen LogP contribution < -0.4 is 5.32 Å². The standard InChI is InChI=1S/C14H25ClN2O2/c1-11(15)8-16-9-12-6-5-7-17(10-12)13(18)19-14(2,3)4/h12,16H,1,5-10H2,2-4H3. The van der Waals surface area contributed by atoms with Crippen LogP contribution in [0.15, 0.2) is 11.6 Å². The van der Waals surface area contributed by atoms with Crippen molar-refractivity contribution in [1.29, 1.82) is 0 Å². The monoisotopic (exact) mass is 288 g/mol. The van der Waals surface area contributed by atoms with Crippen molar-refractivity contribution >= 4 is 17.7 Å². The first-order valence-electron chi connectivity index (χ1n) is 6.80. The highest BCUT2D eigenvalue weighted by atomic mass is 35.5. The molecule has 1 atom stereocenters. The molecule has 1 saturated heterocycles. The lowest BCUT2D eigenvalue weighted by molar-refractivity contribution is 0.0167. The van der Waals surface area contributed by atoms with E-state index >= 15 is 0 Å². The number of amides is 1. The lowest BCUT2D eigenvalue weighted by Crippen LogP contribution is -2.45. The van der Waals surface area contributed by atoms with Crippen molar-refractivity contribution in [3.05, 3.63) is 11.6 Å². The Morgan fingerprint density at radius 3 is 2.79 bits per heavy atom. The molecule has 4 nitrogen and oxygen atoms in total. The Labute approximate surface area is 121 Å². The molecule has 5 heteroatoms. The summed E-state index contributed by atoms with van der Waals surface area (Å²) in [6.45, 7) is 12.3. The number of carbonyl (C=O) groups excluding carboxylic acids is 1. The SMILES string of the molecule is C=C(Cl)CNCC1CCCN(C(=O)OC(C)(C)C)C1. The van der Waals surface area contributed by atoms with Gasteiger partial charge in [-0.25, -0.2) is 4.79 Å². The van der Waals surface area contributed by atoms with Crippen molar-refractivity contribution in [2.75, 3.05) is 26.2 Å². The van der Waals surface area contributed by atoms with Crippen LogP contribution in [0.3, 0.4) is 0 Å². The fraction of sp³-hybridized carbons (Fsp3) is 0.786. The number of hydrogen-bond donors (Lipinski definition) is 1. The molecule has 1 rings (SSSR count). The Bertz CT molecular complexity index is 326. The van der Waals surface area contributed by atoms with Gasteiger partial charge in [-0.3, -0.25) is 0 Å². The molecule has 19 heavy (non-hydrogen) atoms. The average molecular weight is 289 g/mol. The zero-order valence-corrected chi connectivity index (χ0v) is 12.9. The first kappa shape index (κ1) is 16.3. The number of halogens is 1. The van der Waals surface area contributed by atoms with Gasteiger partial charge in [0.05, 0.1) is 0 Å². The van der Waals surface area contributed by atoms with Crippen LogP contribution in [-0.2, 0) is 4.74 Å². The van der Waals surface area contributed by atoms with Gasteiger partial charge in [0.25, 0.3) is 0 Å². The van der Waals surface area contributed by atoms with Gasteiger partial charge in [-0.15, -0.1) is 0 Å². The number of hydrogen-bond acceptors (Lipinski definition) is 3. The second kappa shape index (κ2) is 7.15. The first-order chi connectivity index (χ1) is 8.78. The molecular weight excluding hydrogens is 264 g/mol. The Morgan fingerprint density at radius 1 is 1.53 bits per heavy atom. The second-order valence-corrected chi connectivity index (χ2v) is 6.62. The normalized spacial score (nSPS) is 20.2. The summed E-state index contributed by atoms with van der Waals surface area (Å²) >= 11 is 5.71. The minimum atomic E-state index is -0.432. The van der Waals surface area contributed by atoms with Crippen LogP contribution in [0.5, 0.6) is 0 Å². The second-order valence-electron chi connectivity index (χ2n) is 6.08. The number of piperidine rings is 1. The Kier molecular flexibility index (Phi) is 6.14. The van der Waals surface area contributed by atoms with Crippen molar-refractivity contribution in [3.63, 3.8) is 0 Å². The lowest BCUT2D eigenvalue weighted by Gasteiger charge is -2.34. The molecule has 0 spiro atoms. The number of nitrogens with one attached hydrogen (secondary N) is 1. The Balaban J connectivity index is 2.37. The minimum Gasteiger partial charge on any atom is -0.444 e. The van der Waals surface area contributed by atoms with Crippen LogP contribution in [0.1, 0.15) is 33.6 Å². The van der Waals surface area contributed by atoms with Gasteiger partial charge >= 0.3 is 6.09 Å². The van der Waals surface area contributed by atoms with Crippen molar-refractivity contribution in [1.82, 2.24) is 10.2 Å². The van der Waals surface area contributed by atoms with Crippen LogP contribution >= 0.6 is 11.6 Å². The number of carbonyl (C=O) groups is 1. The number of nitrogens with zero attached hydrogens (tertiary/aromatic N) is 1. The van der Waals surface area contributed by atoms with Gasteiger partial charge in [-0.1, -0.05) is 18.2 Å². The van der Waals surface area contributed by atoms with E-state index in [1.165, 1.54) is 0 Å². The third kappa shape index (κ3) is 6.83. The van der Waals surface area contributed by atoms with Crippen molar-refractivity contribution in [2.45, 2.75) is 39.2 Å². The minimum absolute atomic E-state index is 0.209. The van der Waals surface area contributed by atoms with Crippen LogP contribution in [0.2, 0.25) is 0 Å². The van der Waals surface area contributed by atoms with Crippen LogP contribution in [0, 0.1) is 5.92 Å². The molecule has 1 heterocycles. The summed E-state index contributed by atoms with van der Waals surface area (Å²) in [4.78, 5) is 13.8. The molecule has 1 aliphatic rings. The topological polar surface area (TPSA) is 41.6 Å². The van der Waals surface area contributed by atoms with E-state index in [-0.39, 0.29) is 6.09 Å². The zero-order chi connectivity index (χ0) is 14.5. The molecule has 0 bridgehead atoms. The summed E-state index contributed by atoms with van der Waals surface area (Å²) < 4.78 is 5.40. The molecule has 110 valence electrons. The highest BCUT2D eigenvalue weighted by molar-refractivity contribution is 6.29. The summed E-state index contributed by atoms with van der Waals surface area (Å²) in [5.41, 5.74) is -0.432. The molecule has 1 unspecified atom stereocenters. The summed E-state index contributed by atoms with van der Waals surface area (Å²) in [7, 11) is 0. The van der Waals surface area contributed by atoms with E-state index in [1.807, 2.05) is 20.8 Å². The molecule has 1 amide bonds. The average Bonchev–Trinajstić information content (AvgIpc) is 2.26. The van der Waals surface area contributed by atoms with Gasteiger partial charge in [0.1, 0.15) is 5.60 Å². The molecule has 0 saturated carbocycles. The molecule has 1 N–H and O–H groups in total. The fourth-order valence-corrected chi connectivity index (χ4v) is 2.23. The molecule has 1 fully saturated rings. The number of ether oxygens (including phenoxy) is 1. The fourth-order valence-electron chi connectivity index (χ4n) is 2.14. The van der Waals surface area contributed by atoms with E-state index in [0.717, 1.165) is 32.5 Å². The summed E-state index contributed by atoms with van der Waals surface area (Å²) in [6.07, 6.45) is 1.94. The van der Waals surface area contributed by atoms with E-state index in [0.29, 0.717) is 17.5 Å². The molecule has 1 aliphatic heterocycles. The van der Waals surface area contributed by atoms with Gasteiger partial charge in [0.2, 0.25) is 0 Å². The lowest BCUT2D eigenvalue weighted by atomic mass is 9.98. The van der Waals surface area contributed by atoms with Gasteiger partial charge in [-0.2, -0.15) is 0 Å². The maximum absolute atomic E-state index is 12.0. The van der Waals surface area contributed by atoms with Crippen molar-refractivity contribution in [3.8, 4) is 0 Å². The van der Waals surface area contributed by atoms with Crippen LogP contribution in [-0.4, -0.2) is 42.8 Å². The molecule has 0 aromatic rings. The number of likely N-dealkylation sites (tertiary alicyclic amines) is 1. The summed E-state index contributed by atoms with van der Waals surface area (Å²) in [5, 5.41) is 3.86. The zero-order valence-electron chi connectivity index (χ0n) is 12.2. The Morgan fingerprint density at radius 2 is 2.21 bits per heavy atom. The largest absolute Gasteiger partial charge is 0.444 e. The molecule has 0 aromatic carbocycles. The van der Waals surface area contributed by atoms with E-state index in [2.05, 4.69) is 11.9 Å². The maximum atomic E-state index is 12.0. The number of rotatable bonds is 4. The molecule has 0 aromatic heterocycles. The first-order valence-corrected chi connectivity index (χ1v) is 7.17. The smallest absolute Gasteiger partial charge is 0.410 e. The summed E-state index contributed by atoms with van der Waals surface area (Å²) in [5.74, 6) is 0.456. The van der Waals surface area contributed by atoms with Gasteiger partial charge in [0.15, 0.2) is 0 Å². The van der Waals surface area contributed by atoms with Crippen molar-refractivity contribution in [2.24, 2.45) is 5.92 Å². The maximum Gasteiger partial charge on any atom is 0.410 e. The Hall–Kier alpha value is -0.740. The molecule has 0 radical (unpaired) electrons. The highest BCUT2D eigenvalue weighted by Gasteiger charge is 2.27. The van der Waals surface area contributed by atoms with Crippen LogP contribution in [0.25, 0.3) is 0 Å². The third-order valence-corrected chi connectivity index (χ3v) is 3.05. The van der Waals surface area contributed by atoms with E-state index in [1.54, 1.807) is 4.90 Å². The predicted octanol–water partition coefficient (Wildman–Crippen LogP) is 2.98. The molecular formula is C14H25ClN2O2. The van der Waals surface area contributed by atoms with Gasteiger partial charge < -0.3 is 15.0 Å². The third-order valence-electron chi connectivity index (χ3n) is 2.92. The molecule has 0 aliphatic carbocycles. The van der Waals surface area contributed by atoms with E-state index < -0.39 is 5.60 Å². The highest BCUT2D eigenvalue weighted by Crippen LogP contribution is 2.18. The van der Waals surface area contributed by atoms with Crippen LogP contribution in [0.4, 0.5) is 4.79 Å². The van der Waals surface area contributed by atoms with E-state index in [4.69, 9.17) is 16.3 Å². The predicted molar refractivity (Wildman–Crippen MR) is 78.4 cm³/mol. The quantitative estimate of drug-likeness (QED) is 0.865. The van der Waals surface area contributed by atoms with E-state index in [9.17, 15) is 4.79 Å². The van der Waals surface area contributed by atoms with Gasteiger partial charge in [0, 0.05) is 24.7 Å². The van der Waals surface area contributed by atoms with Gasteiger partial charge in [-0.05, 0) is 46.1 Å². The van der Waals surface area contributed by atoms with Crippen molar-refractivity contribution < 1.29 is 9.53 Å².